The molecule has 0 radical (unpaired) electrons. The maximum absolute atomic E-state index is 10.4. The van der Waals surface area contributed by atoms with Crippen LogP contribution in [0.4, 0.5) is 5.82 Å². The molecule has 9 heteroatoms. The zero-order chi connectivity index (χ0) is 24.5. The Balaban J connectivity index is 1.56. The molecule has 0 bridgehead atoms. The number of aromatic hydroxyl groups is 1. The molecule has 4 rings (SSSR count). The molecule has 1 aliphatic heterocycles. The maximum Gasteiger partial charge on any atom is 0.299 e. The van der Waals surface area contributed by atoms with Crippen LogP contribution in [0.15, 0.2) is 48.8 Å². The second kappa shape index (κ2) is 9.65. The topological polar surface area (TPSA) is 94.3 Å². The molecule has 0 atom stereocenters. The van der Waals surface area contributed by atoms with Crippen LogP contribution >= 0.6 is 22.6 Å². The van der Waals surface area contributed by atoms with Gasteiger partial charge in [-0.1, -0.05) is 24.8 Å². The molecule has 8 nitrogen and oxygen atoms in total. The van der Waals surface area contributed by atoms with Gasteiger partial charge in [-0.25, -0.2) is 9.97 Å². The monoisotopic (exact) mass is 573 g/mol. The van der Waals surface area contributed by atoms with Crippen molar-refractivity contribution in [3.63, 3.8) is 0 Å². The number of phenols is 1. The van der Waals surface area contributed by atoms with E-state index >= 15 is 0 Å². The minimum Gasteiger partial charge on any atom is -0.507 e. The number of hydrogen-bond acceptors (Lipinski definition) is 7. The molecule has 0 aliphatic carbocycles. The average Bonchev–Trinajstić information content (AvgIpc) is 3.32. The molecule has 0 saturated heterocycles. The van der Waals surface area contributed by atoms with Gasteiger partial charge in [-0.2, -0.15) is 4.98 Å². The van der Waals surface area contributed by atoms with Crippen LogP contribution in [0.5, 0.6) is 11.8 Å². The molecule has 0 unspecified atom stereocenters. The number of benzene rings is 1. The summed E-state index contributed by atoms with van der Waals surface area (Å²) in [6.07, 6.45) is 6.03. The number of allylic oxidation sites excluding steroid dienone is 4. The van der Waals surface area contributed by atoms with Crippen LogP contribution in [0.2, 0.25) is 0 Å². The van der Waals surface area contributed by atoms with Gasteiger partial charge in [-0.05, 0) is 51.0 Å². The summed E-state index contributed by atoms with van der Waals surface area (Å²) in [5.74, 6) is 1.56. The molecule has 2 N–H and O–H groups in total. The number of halogens is 1. The smallest absolute Gasteiger partial charge is 0.299 e. The summed E-state index contributed by atoms with van der Waals surface area (Å²) in [5, 5.41) is 13.8. The van der Waals surface area contributed by atoms with Crippen molar-refractivity contribution in [2.75, 3.05) is 25.6 Å². The average molecular weight is 573 g/mol. The molecule has 0 fully saturated rings. The summed E-state index contributed by atoms with van der Waals surface area (Å²) < 4.78 is 13.9. The maximum atomic E-state index is 10.4. The second-order valence-electron chi connectivity index (χ2n) is 8.66. The van der Waals surface area contributed by atoms with Gasteiger partial charge >= 0.3 is 0 Å². The quantitative estimate of drug-likeness (QED) is 0.169. The first kappa shape index (κ1) is 24.1. The highest BCUT2D eigenvalue weighted by atomic mass is 127. The number of fused-ring (bicyclic) bond motifs is 3. The molecule has 178 valence electrons. The molecule has 0 spiro atoms. The molecule has 1 aliphatic rings. The molecule has 0 saturated carbocycles. The molecule has 1 aromatic carbocycles. The third-order valence-corrected chi connectivity index (χ3v) is 6.24. The van der Waals surface area contributed by atoms with Crippen molar-refractivity contribution in [3.05, 3.63) is 63.7 Å². The Hall–Kier alpha value is -3.08. The Morgan fingerprint density at radius 2 is 2.15 bits per heavy atom. The minimum absolute atomic E-state index is 0.206. The van der Waals surface area contributed by atoms with Gasteiger partial charge in [0.2, 0.25) is 0 Å². The normalized spacial score (nSPS) is 15.2. The first-order valence-electron chi connectivity index (χ1n) is 10.9. The molecule has 2 aromatic heterocycles. The number of hydrogen-bond donors (Lipinski definition) is 2. The van der Waals surface area contributed by atoms with E-state index in [1.54, 1.807) is 25.3 Å². The van der Waals surface area contributed by atoms with Crippen molar-refractivity contribution >= 4 is 45.1 Å². The zero-order valence-electron chi connectivity index (χ0n) is 19.7. The molecule has 0 amide bonds. The summed E-state index contributed by atoms with van der Waals surface area (Å²) in [4.78, 5) is 13.8. The van der Waals surface area contributed by atoms with Crippen LogP contribution in [0, 0.1) is 3.83 Å². The van der Waals surface area contributed by atoms with Gasteiger partial charge in [-0.15, -0.1) is 0 Å². The van der Waals surface area contributed by atoms with E-state index < -0.39 is 0 Å². The first-order chi connectivity index (χ1) is 16.2. The fraction of sp³-hybridized carbons (Fsp3) is 0.320. The van der Waals surface area contributed by atoms with E-state index in [1.807, 2.05) is 29.7 Å². The van der Waals surface area contributed by atoms with Gasteiger partial charge in [-0.3, -0.25) is 4.57 Å². The Kier molecular flexibility index (Phi) is 6.83. The lowest BCUT2D eigenvalue weighted by Gasteiger charge is -2.18. The highest BCUT2D eigenvalue weighted by Gasteiger charge is 2.36. The Bertz CT molecular complexity index is 1310. The van der Waals surface area contributed by atoms with E-state index in [0.717, 1.165) is 28.8 Å². The van der Waals surface area contributed by atoms with Crippen LogP contribution in [-0.2, 0) is 16.7 Å². The van der Waals surface area contributed by atoms with Crippen LogP contribution in [0.1, 0.15) is 31.9 Å². The van der Waals surface area contributed by atoms with Crippen molar-refractivity contribution in [3.8, 4) is 11.8 Å². The highest BCUT2D eigenvalue weighted by Crippen LogP contribution is 2.36. The van der Waals surface area contributed by atoms with Gasteiger partial charge in [0.1, 0.15) is 18.1 Å². The summed E-state index contributed by atoms with van der Waals surface area (Å²) in [6, 6.07) is 6.18. The molecule has 3 heterocycles. The van der Waals surface area contributed by atoms with Crippen molar-refractivity contribution in [2.24, 2.45) is 0 Å². The van der Waals surface area contributed by atoms with Crippen LogP contribution < -0.4 is 10.1 Å². The lowest BCUT2D eigenvalue weighted by molar-refractivity contribution is 0.268. The predicted octanol–water partition coefficient (Wildman–Crippen LogP) is 5.04. The Morgan fingerprint density at radius 1 is 1.35 bits per heavy atom. The summed E-state index contributed by atoms with van der Waals surface area (Å²) in [6.45, 7) is 11.0. The van der Waals surface area contributed by atoms with Gasteiger partial charge in [0.05, 0.1) is 12.6 Å². The molecule has 3 aromatic rings. The lowest BCUT2D eigenvalue weighted by atomic mass is 10.0. The van der Waals surface area contributed by atoms with Crippen molar-refractivity contribution < 1.29 is 14.6 Å². The van der Waals surface area contributed by atoms with Crippen molar-refractivity contribution in [2.45, 2.75) is 32.7 Å². The Labute approximate surface area is 212 Å². The van der Waals surface area contributed by atoms with E-state index in [1.165, 1.54) is 0 Å². The second-order valence-corrected chi connectivity index (χ2v) is 9.63. The Morgan fingerprint density at radius 3 is 2.88 bits per heavy atom. The minimum atomic E-state index is -0.214. The standard InChI is InChI=1S/C25H28IN5O3/c1-6-7-8-19(33-5)15(2)17-13-16(9-10-18(17)32)11-12-27-21-20-22(30-23(26)29-21)31-24(28-20)34-14-25(31,3)4/h6-10,13,32H,1,11-12,14H2,2-5H3,(H,27,29,30)/b8-7-,19-15-. The van der Waals surface area contributed by atoms with Gasteiger partial charge in [0.25, 0.3) is 6.01 Å². The zero-order valence-corrected chi connectivity index (χ0v) is 21.9. The van der Waals surface area contributed by atoms with Crippen LogP contribution in [-0.4, -0.2) is 44.9 Å². The van der Waals surface area contributed by atoms with E-state index in [4.69, 9.17) is 9.47 Å². The lowest BCUT2D eigenvalue weighted by Crippen LogP contribution is -2.26. The SMILES string of the molecule is C=C/C=C\C(OC)=C(/C)c1cc(CCNc2nc(I)nc3c2nc2n3C(C)(C)CO2)ccc1O. The molecular formula is C25H28IN5O3. The third kappa shape index (κ3) is 4.61. The van der Waals surface area contributed by atoms with Crippen LogP contribution in [0.25, 0.3) is 16.7 Å². The van der Waals surface area contributed by atoms with E-state index in [2.05, 4.69) is 63.3 Å². The predicted molar refractivity (Wildman–Crippen MR) is 142 cm³/mol. The van der Waals surface area contributed by atoms with Gasteiger partial charge in [0.15, 0.2) is 20.8 Å². The number of nitrogens with zero attached hydrogens (tertiary/aromatic N) is 4. The number of ether oxygens (including phenoxy) is 2. The molecule has 34 heavy (non-hydrogen) atoms. The highest BCUT2D eigenvalue weighted by molar-refractivity contribution is 14.1. The largest absolute Gasteiger partial charge is 0.507 e. The first-order valence-corrected chi connectivity index (χ1v) is 12.0. The molecular weight excluding hydrogens is 545 g/mol. The van der Waals surface area contributed by atoms with Gasteiger partial charge in [0, 0.05) is 40.3 Å². The number of aromatic nitrogens is 4. The number of nitrogens with one attached hydrogen (secondary N) is 1. The summed E-state index contributed by atoms with van der Waals surface area (Å²) in [7, 11) is 1.61. The van der Waals surface area contributed by atoms with E-state index in [0.29, 0.717) is 40.1 Å². The number of imidazole rings is 1. The fourth-order valence-electron chi connectivity index (χ4n) is 3.98. The van der Waals surface area contributed by atoms with Crippen molar-refractivity contribution in [1.29, 1.82) is 0 Å². The fourth-order valence-corrected chi connectivity index (χ4v) is 4.45. The van der Waals surface area contributed by atoms with E-state index in [9.17, 15) is 5.11 Å². The van der Waals surface area contributed by atoms with E-state index in [-0.39, 0.29) is 11.3 Å². The number of phenolic OH excluding ortho intramolecular Hbond substituents is 1. The van der Waals surface area contributed by atoms with Gasteiger partial charge < -0.3 is 19.9 Å². The van der Waals surface area contributed by atoms with Crippen LogP contribution in [0.3, 0.4) is 0 Å². The summed E-state index contributed by atoms with van der Waals surface area (Å²) >= 11 is 2.12. The summed E-state index contributed by atoms with van der Waals surface area (Å²) in [5.41, 5.74) is 3.90. The third-order valence-electron chi connectivity index (χ3n) is 5.75. The number of methoxy groups -OCH3 is 1. The number of anilines is 1. The van der Waals surface area contributed by atoms with Crippen molar-refractivity contribution in [1.82, 2.24) is 19.5 Å². The number of rotatable bonds is 8.